The number of hydrogen-bond donors (Lipinski definition) is 1. The zero-order valence-corrected chi connectivity index (χ0v) is 18.5. The van der Waals surface area contributed by atoms with Crippen molar-refractivity contribution in [2.24, 2.45) is 0 Å². The fourth-order valence-corrected chi connectivity index (χ4v) is 4.38. The van der Waals surface area contributed by atoms with Crippen molar-refractivity contribution in [2.45, 2.75) is 70.5 Å². The molecule has 0 radical (unpaired) electrons. The van der Waals surface area contributed by atoms with Crippen molar-refractivity contribution < 1.29 is 4.74 Å². The van der Waals surface area contributed by atoms with Gasteiger partial charge in [-0.2, -0.15) is 0 Å². The Balaban J connectivity index is 1.76. The van der Waals surface area contributed by atoms with Gasteiger partial charge in [-0.3, -0.25) is 4.98 Å². The van der Waals surface area contributed by atoms with Gasteiger partial charge in [0.15, 0.2) is 5.11 Å². The van der Waals surface area contributed by atoms with Crippen LogP contribution in [0.4, 0.5) is 0 Å². The first-order valence-corrected chi connectivity index (χ1v) is 11.2. The standard InChI is InChI=1S/C24H33N3OS/c1-19(21-12-14-23(28-2)15-13-21)27(18-20-9-8-16-25-17-20)24(29)26-22-10-6-4-3-5-7-11-22/h8-9,12-17,19,22H,3-7,10-11,18H2,1-2H3,(H,26,29). The summed E-state index contributed by atoms with van der Waals surface area (Å²) >= 11 is 5.93. The van der Waals surface area contributed by atoms with Crippen molar-refractivity contribution in [3.05, 3.63) is 59.9 Å². The number of thiocarbonyl (C=S) groups is 1. The van der Waals surface area contributed by atoms with Gasteiger partial charge in [-0.1, -0.05) is 50.3 Å². The summed E-state index contributed by atoms with van der Waals surface area (Å²) in [6.45, 7) is 2.95. The minimum absolute atomic E-state index is 0.148. The zero-order valence-electron chi connectivity index (χ0n) is 17.6. The van der Waals surface area contributed by atoms with E-state index in [1.807, 2.05) is 30.6 Å². The lowest BCUT2D eigenvalue weighted by atomic mass is 9.97. The predicted octanol–water partition coefficient (Wildman–Crippen LogP) is 5.64. The van der Waals surface area contributed by atoms with Crippen LogP contribution >= 0.6 is 12.2 Å². The van der Waals surface area contributed by atoms with Crippen LogP contribution in [0.15, 0.2) is 48.8 Å². The lowest BCUT2D eigenvalue weighted by Crippen LogP contribution is -2.45. The zero-order chi connectivity index (χ0) is 20.5. The van der Waals surface area contributed by atoms with Crippen LogP contribution < -0.4 is 10.1 Å². The van der Waals surface area contributed by atoms with Gasteiger partial charge in [0, 0.05) is 25.0 Å². The van der Waals surface area contributed by atoms with E-state index in [4.69, 9.17) is 17.0 Å². The number of nitrogens with zero attached hydrogens (tertiary/aromatic N) is 2. The fourth-order valence-electron chi connectivity index (χ4n) is 3.99. The summed E-state index contributed by atoms with van der Waals surface area (Å²) < 4.78 is 5.32. The maximum absolute atomic E-state index is 5.93. The maximum atomic E-state index is 5.93. The number of methoxy groups -OCH3 is 1. The minimum atomic E-state index is 0.148. The molecular weight excluding hydrogens is 378 g/mol. The lowest BCUT2D eigenvalue weighted by molar-refractivity contribution is 0.313. The van der Waals surface area contributed by atoms with Gasteiger partial charge in [0.1, 0.15) is 5.75 Å². The Hall–Kier alpha value is -2.14. The van der Waals surface area contributed by atoms with Crippen LogP contribution in [-0.4, -0.2) is 28.1 Å². The molecule has 2 aromatic rings. The van der Waals surface area contributed by atoms with E-state index in [9.17, 15) is 0 Å². The summed E-state index contributed by atoms with van der Waals surface area (Å²) in [5.74, 6) is 0.870. The number of aromatic nitrogens is 1. The highest BCUT2D eigenvalue weighted by atomic mass is 32.1. The summed E-state index contributed by atoms with van der Waals surface area (Å²) in [6, 6.07) is 13.0. The molecule has 0 bridgehead atoms. The molecule has 1 saturated carbocycles. The highest BCUT2D eigenvalue weighted by Crippen LogP contribution is 2.25. The topological polar surface area (TPSA) is 37.4 Å². The monoisotopic (exact) mass is 411 g/mol. The first-order chi connectivity index (χ1) is 14.2. The Morgan fingerprint density at radius 2 is 1.83 bits per heavy atom. The number of nitrogens with one attached hydrogen (secondary N) is 1. The van der Waals surface area contributed by atoms with Gasteiger partial charge in [-0.05, 0) is 61.3 Å². The molecule has 156 valence electrons. The quantitative estimate of drug-likeness (QED) is 0.623. The molecule has 1 unspecified atom stereocenters. The number of ether oxygens (including phenoxy) is 1. The first kappa shape index (κ1) is 21.6. The third kappa shape index (κ3) is 6.43. The molecule has 1 aromatic carbocycles. The summed E-state index contributed by atoms with van der Waals surface area (Å²) in [4.78, 5) is 6.57. The molecule has 1 fully saturated rings. The summed E-state index contributed by atoms with van der Waals surface area (Å²) in [5.41, 5.74) is 2.38. The van der Waals surface area contributed by atoms with Crippen molar-refractivity contribution in [1.29, 1.82) is 0 Å². The molecular formula is C24H33N3OS. The molecule has 1 aliphatic carbocycles. The molecule has 3 rings (SSSR count). The molecule has 5 heteroatoms. The third-order valence-corrected chi connectivity index (χ3v) is 6.19. The van der Waals surface area contributed by atoms with Crippen LogP contribution in [0.3, 0.4) is 0 Å². The second kappa shape index (κ2) is 11.1. The number of pyridine rings is 1. The number of hydrogen-bond acceptors (Lipinski definition) is 3. The molecule has 0 saturated heterocycles. The summed E-state index contributed by atoms with van der Waals surface area (Å²) in [5, 5.41) is 4.53. The molecule has 4 nitrogen and oxygen atoms in total. The molecule has 29 heavy (non-hydrogen) atoms. The molecule has 1 heterocycles. The van der Waals surface area contributed by atoms with Crippen molar-refractivity contribution in [3.63, 3.8) is 0 Å². The van der Waals surface area contributed by atoms with Gasteiger partial charge in [0.2, 0.25) is 0 Å². The van der Waals surface area contributed by atoms with Gasteiger partial charge < -0.3 is 15.0 Å². The fraction of sp³-hybridized carbons (Fsp3) is 0.500. The lowest BCUT2D eigenvalue weighted by Gasteiger charge is -2.34. The second-order valence-corrected chi connectivity index (χ2v) is 8.32. The normalized spacial score (nSPS) is 16.3. The van der Waals surface area contributed by atoms with Crippen LogP contribution in [0.1, 0.15) is 69.0 Å². The van der Waals surface area contributed by atoms with E-state index >= 15 is 0 Å². The minimum Gasteiger partial charge on any atom is -0.497 e. The van der Waals surface area contributed by atoms with E-state index < -0.39 is 0 Å². The van der Waals surface area contributed by atoms with Crippen LogP contribution in [0.5, 0.6) is 5.75 Å². The van der Waals surface area contributed by atoms with Crippen LogP contribution in [-0.2, 0) is 6.54 Å². The highest BCUT2D eigenvalue weighted by molar-refractivity contribution is 7.80. The van der Waals surface area contributed by atoms with Crippen LogP contribution in [0.2, 0.25) is 0 Å². The van der Waals surface area contributed by atoms with E-state index in [1.165, 1.54) is 50.5 Å². The van der Waals surface area contributed by atoms with E-state index in [0.717, 1.165) is 23.0 Å². The van der Waals surface area contributed by atoms with Gasteiger partial charge >= 0.3 is 0 Å². The Morgan fingerprint density at radius 3 is 2.45 bits per heavy atom. The Morgan fingerprint density at radius 1 is 1.14 bits per heavy atom. The van der Waals surface area contributed by atoms with Gasteiger partial charge in [-0.25, -0.2) is 0 Å². The smallest absolute Gasteiger partial charge is 0.169 e. The second-order valence-electron chi connectivity index (χ2n) is 7.93. The molecule has 0 spiro atoms. The van der Waals surface area contributed by atoms with Gasteiger partial charge in [0.05, 0.1) is 13.2 Å². The van der Waals surface area contributed by atoms with Crippen LogP contribution in [0, 0.1) is 0 Å². The van der Waals surface area contributed by atoms with E-state index in [2.05, 4.69) is 40.3 Å². The SMILES string of the molecule is COc1ccc(C(C)N(Cc2cccnc2)C(=S)NC2CCCCCCC2)cc1. The molecule has 1 N–H and O–H groups in total. The Bertz CT molecular complexity index is 742. The Kier molecular flexibility index (Phi) is 8.29. The number of benzene rings is 1. The highest BCUT2D eigenvalue weighted by Gasteiger charge is 2.22. The molecule has 0 amide bonds. The van der Waals surface area contributed by atoms with Gasteiger partial charge in [-0.15, -0.1) is 0 Å². The largest absolute Gasteiger partial charge is 0.497 e. The molecule has 1 aromatic heterocycles. The first-order valence-electron chi connectivity index (χ1n) is 10.8. The average molecular weight is 412 g/mol. The van der Waals surface area contributed by atoms with E-state index in [0.29, 0.717) is 6.04 Å². The Labute approximate surface area is 180 Å². The average Bonchev–Trinajstić information content (AvgIpc) is 2.74. The summed E-state index contributed by atoms with van der Waals surface area (Å²) in [7, 11) is 1.70. The van der Waals surface area contributed by atoms with E-state index in [-0.39, 0.29) is 6.04 Å². The van der Waals surface area contributed by atoms with Crippen molar-refractivity contribution in [1.82, 2.24) is 15.2 Å². The molecule has 1 atom stereocenters. The molecule has 0 aliphatic heterocycles. The van der Waals surface area contributed by atoms with E-state index in [1.54, 1.807) is 7.11 Å². The maximum Gasteiger partial charge on any atom is 0.169 e. The molecule has 1 aliphatic rings. The third-order valence-electron chi connectivity index (χ3n) is 5.84. The van der Waals surface area contributed by atoms with Crippen molar-refractivity contribution in [3.8, 4) is 5.75 Å². The van der Waals surface area contributed by atoms with Crippen molar-refractivity contribution >= 4 is 17.3 Å². The van der Waals surface area contributed by atoms with Gasteiger partial charge in [0.25, 0.3) is 0 Å². The number of rotatable bonds is 6. The predicted molar refractivity (Wildman–Crippen MR) is 123 cm³/mol. The summed E-state index contributed by atoms with van der Waals surface area (Å²) in [6.07, 6.45) is 12.8. The van der Waals surface area contributed by atoms with Crippen LogP contribution in [0.25, 0.3) is 0 Å². The van der Waals surface area contributed by atoms with Crippen molar-refractivity contribution in [2.75, 3.05) is 7.11 Å².